The van der Waals surface area contributed by atoms with E-state index in [9.17, 15) is 13.2 Å². The standard InChI is InChI=1S/C15H22N2O5S/c1-10(13-5-4-12(21-2)8-14(13)22-3)16-15(18)17-11-6-7-23(19,20)9-11/h4-5,8,10-11H,6-7,9H2,1-3H3,(H2,16,17,18)/t10-,11+/m1/s1. The lowest BCUT2D eigenvalue weighted by Gasteiger charge is -2.19. The SMILES string of the molecule is COc1ccc([C@@H](C)NC(=O)N[C@H]2CCS(=O)(=O)C2)c(OC)c1. The van der Waals surface area contributed by atoms with Crippen molar-refractivity contribution in [1.29, 1.82) is 0 Å². The molecule has 1 saturated heterocycles. The summed E-state index contributed by atoms with van der Waals surface area (Å²) in [6, 6.07) is 4.34. The van der Waals surface area contributed by atoms with E-state index < -0.39 is 15.9 Å². The topological polar surface area (TPSA) is 93.7 Å². The van der Waals surface area contributed by atoms with Crippen molar-refractivity contribution in [3.05, 3.63) is 23.8 Å². The molecule has 0 saturated carbocycles. The number of methoxy groups -OCH3 is 2. The Bertz CT molecular complexity index is 674. The average Bonchev–Trinajstić information content (AvgIpc) is 2.84. The number of carbonyl (C=O) groups is 1. The monoisotopic (exact) mass is 342 g/mol. The summed E-state index contributed by atoms with van der Waals surface area (Å²) in [5, 5.41) is 5.50. The largest absolute Gasteiger partial charge is 0.497 e. The Morgan fingerprint density at radius 3 is 2.61 bits per heavy atom. The van der Waals surface area contributed by atoms with Crippen molar-refractivity contribution < 1.29 is 22.7 Å². The molecule has 1 aromatic rings. The second-order valence-electron chi connectivity index (χ2n) is 5.55. The zero-order chi connectivity index (χ0) is 17.0. The average molecular weight is 342 g/mol. The van der Waals surface area contributed by atoms with Crippen LogP contribution in [0.15, 0.2) is 18.2 Å². The summed E-state index contributed by atoms with van der Waals surface area (Å²) >= 11 is 0. The number of carbonyl (C=O) groups excluding carboxylic acids is 1. The van der Waals surface area contributed by atoms with Gasteiger partial charge in [0.05, 0.1) is 31.8 Å². The van der Waals surface area contributed by atoms with Crippen LogP contribution in [-0.4, -0.2) is 46.2 Å². The van der Waals surface area contributed by atoms with Gasteiger partial charge in [0.2, 0.25) is 0 Å². The van der Waals surface area contributed by atoms with Gasteiger partial charge in [0.25, 0.3) is 0 Å². The fraction of sp³-hybridized carbons (Fsp3) is 0.533. The van der Waals surface area contributed by atoms with E-state index in [1.165, 1.54) is 0 Å². The summed E-state index contributed by atoms with van der Waals surface area (Å²) in [5.74, 6) is 1.40. The van der Waals surface area contributed by atoms with E-state index in [-0.39, 0.29) is 23.6 Å². The van der Waals surface area contributed by atoms with Crippen LogP contribution in [0.25, 0.3) is 0 Å². The highest BCUT2D eigenvalue weighted by molar-refractivity contribution is 7.91. The summed E-state index contributed by atoms with van der Waals surface area (Å²) in [6.07, 6.45) is 0.454. The summed E-state index contributed by atoms with van der Waals surface area (Å²) in [6.45, 7) is 1.83. The van der Waals surface area contributed by atoms with Gasteiger partial charge in [-0.3, -0.25) is 0 Å². The summed E-state index contributed by atoms with van der Waals surface area (Å²) in [5.41, 5.74) is 0.808. The molecular formula is C15H22N2O5S. The highest BCUT2D eigenvalue weighted by Gasteiger charge is 2.29. The molecule has 0 spiro atoms. The van der Waals surface area contributed by atoms with Crippen LogP contribution in [0.2, 0.25) is 0 Å². The molecule has 0 bridgehead atoms. The van der Waals surface area contributed by atoms with E-state index in [1.807, 2.05) is 13.0 Å². The zero-order valence-corrected chi connectivity index (χ0v) is 14.3. The Hall–Kier alpha value is -1.96. The van der Waals surface area contributed by atoms with E-state index in [0.717, 1.165) is 5.56 Å². The van der Waals surface area contributed by atoms with E-state index in [1.54, 1.807) is 26.4 Å². The van der Waals surface area contributed by atoms with Gasteiger partial charge in [0, 0.05) is 17.7 Å². The molecular weight excluding hydrogens is 320 g/mol. The van der Waals surface area contributed by atoms with E-state index >= 15 is 0 Å². The molecule has 0 unspecified atom stereocenters. The van der Waals surface area contributed by atoms with Gasteiger partial charge in [-0.2, -0.15) is 0 Å². The maximum atomic E-state index is 12.0. The van der Waals surface area contributed by atoms with Gasteiger partial charge in [-0.05, 0) is 25.5 Å². The lowest BCUT2D eigenvalue weighted by atomic mass is 10.1. The van der Waals surface area contributed by atoms with Gasteiger partial charge in [0.15, 0.2) is 9.84 Å². The van der Waals surface area contributed by atoms with Crippen molar-refractivity contribution >= 4 is 15.9 Å². The third-order valence-corrected chi connectivity index (χ3v) is 5.59. The number of amides is 2. The van der Waals surface area contributed by atoms with Crippen LogP contribution in [0.5, 0.6) is 11.5 Å². The predicted molar refractivity (Wildman–Crippen MR) is 86.7 cm³/mol. The second kappa shape index (κ2) is 7.08. The molecule has 23 heavy (non-hydrogen) atoms. The van der Waals surface area contributed by atoms with Crippen LogP contribution >= 0.6 is 0 Å². The maximum absolute atomic E-state index is 12.0. The number of ether oxygens (including phenoxy) is 2. The van der Waals surface area contributed by atoms with Crippen molar-refractivity contribution in [2.75, 3.05) is 25.7 Å². The lowest BCUT2D eigenvalue weighted by molar-refractivity contribution is 0.234. The lowest BCUT2D eigenvalue weighted by Crippen LogP contribution is -2.43. The van der Waals surface area contributed by atoms with Crippen molar-refractivity contribution in [3.63, 3.8) is 0 Å². The minimum atomic E-state index is -3.02. The van der Waals surface area contributed by atoms with Gasteiger partial charge in [0.1, 0.15) is 11.5 Å². The molecule has 2 rings (SSSR count). The molecule has 0 radical (unpaired) electrons. The van der Waals surface area contributed by atoms with Crippen LogP contribution < -0.4 is 20.1 Å². The molecule has 0 aromatic heterocycles. The first-order valence-corrected chi connectivity index (χ1v) is 9.16. The summed E-state index contributed by atoms with van der Waals surface area (Å²) < 4.78 is 33.3. The van der Waals surface area contributed by atoms with Gasteiger partial charge in [-0.15, -0.1) is 0 Å². The van der Waals surface area contributed by atoms with Crippen LogP contribution in [0.4, 0.5) is 4.79 Å². The number of urea groups is 1. The Balaban J connectivity index is 1.98. The first-order valence-electron chi connectivity index (χ1n) is 7.34. The normalized spacial score (nSPS) is 20.6. The van der Waals surface area contributed by atoms with Gasteiger partial charge in [-0.1, -0.05) is 0 Å². The number of benzene rings is 1. The first kappa shape index (κ1) is 17.4. The third kappa shape index (κ3) is 4.51. The molecule has 1 aliphatic rings. The van der Waals surface area contributed by atoms with Crippen molar-refractivity contribution in [2.45, 2.75) is 25.4 Å². The molecule has 1 aliphatic heterocycles. The number of hydrogen-bond acceptors (Lipinski definition) is 5. The Kier molecular flexibility index (Phi) is 5.35. The van der Waals surface area contributed by atoms with Gasteiger partial charge >= 0.3 is 6.03 Å². The Morgan fingerprint density at radius 2 is 2.04 bits per heavy atom. The molecule has 2 atom stereocenters. The molecule has 8 heteroatoms. The number of nitrogens with one attached hydrogen (secondary N) is 2. The van der Waals surface area contributed by atoms with E-state index in [0.29, 0.717) is 17.9 Å². The fourth-order valence-corrected chi connectivity index (χ4v) is 4.26. The molecule has 1 heterocycles. The maximum Gasteiger partial charge on any atom is 0.315 e. The third-order valence-electron chi connectivity index (χ3n) is 3.82. The Morgan fingerprint density at radius 1 is 1.30 bits per heavy atom. The van der Waals surface area contributed by atoms with Crippen LogP contribution in [0, 0.1) is 0 Å². The molecule has 1 aromatic carbocycles. The summed E-state index contributed by atoms with van der Waals surface area (Å²) in [4.78, 5) is 12.0. The Labute approximate surface area is 136 Å². The quantitative estimate of drug-likeness (QED) is 0.840. The molecule has 1 fully saturated rings. The molecule has 2 amide bonds. The highest BCUT2D eigenvalue weighted by atomic mass is 32.2. The fourth-order valence-electron chi connectivity index (χ4n) is 2.59. The van der Waals surface area contributed by atoms with E-state index in [4.69, 9.17) is 9.47 Å². The number of hydrogen-bond donors (Lipinski definition) is 2. The van der Waals surface area contributed by atoms with Crippen molar-refractivity contribution in [1.82, 2.24) is 10.6 Å². The van der Waals surface area contributed by atoms with Crippen LogP contribution in [-0.2, 0) is 9.84 Å². The molecule has 128 valence electrons. The minimum absolute atomic E-state index is 0.000653. The smallest absolute Gasteiger partial charge is 0.315 e. The first-order chi connectivity index (χ1) is 10.8. The molecule has 2 N–H and O–H groups in total. The predicted octanol–water partition coefficient (Wildman–Crippen LogP) is 1.25. The second-order valence-corrected chi connectivity index (χ2v) is 7.78. The summed E-state index contributed by atoms with van der Waals surface area (Å²) in [7, 11) is 0.102. The van der Waals surface area contributed by atoms with Crippen molar-refractivity contribution in [2.24, 2.45) is 0 Å². The van der Waals surface area contributed by atoms with Gasteiger partial charge in [-0.25, -0.2) is 13.2 Å². The van der Waals surface area contributed by atoms with E-state index in [2.05, 4.69) is 10.6 Å². The van der Waals surface area contributed by atoms with Gasteiger partial charge < -0.3 is 20.1 Å². The van der Waals surface area contributed by atoms with Crippen LogP contribution in [0.3, 0.4) is 0 Å². The van der Waals surface area contributed by atoms with Crippen LogP contribution in [0.1, 0.15) is 24.9 Å². The number of rotatable bonds is 5. The zero-order valence-electron chi connectivity index (χ0n) is 13.5. The molecule has 7 nitrogen and oxygen atoms in total. The number of sulfone groups is 1. The highest BCUT2D eigenvalue weighted by Crippen LogP contribution is 2.29. The van der Waals surface area contributed by atoms with Crippen molar-refractivity contribution in [3.8, 4) is 11.5 Å². The minimum Gasteiger partial charge on any atom is -0.497 e. The molecule has 0 aliphatic carbocycles.